The summed E-state index contributed by atoms with van der Waals surface area (Å²) in [5.41, 5.74) is 1.17. The molecule has 118 valence electrons. The Hall–Kier alpha value is -0.840. The van der Waals surface area contributed by atoms with Gasteiger partial charge < -0.3 is 10.1 Å². The van der Waals surface area contributed by atoms with Crippen molar-refractivity contribution in [3.8, 4) is 5.75 Å². The van der Waals surface area contributed by atoms with E-state index in [1.165, 1.54) is 4.90 Å². The molecule has 7 heteroatoms. The van der Waals surface area contributed by atoms with Crippen molar-refractivity contribution < 1.29 is 14.3 Å². The number of nitrogens with one attached hydrogen (secondary N) is 1. The lowest BCUT2D eigenvalue weighted by atomic mass is 10.2. The zero-order valence-corrected chi connectivity index (χ0v) is 16.6. The van der Waals surface area contributed by atoms with Gasteiger partial charge in [-0.15, -0.1) is 0 Å². The summed E-state index contributed by atoms with van der Waals surface area (Å²) in [6, 6.07) is 3.51. The van der Waals surface area contributed by atoms with Crippen LogP contribution < -0.4 is 10.1 Å². The van der Waals surface area contributed by atoms with E-state index < -0.39 is 0 Å². The number of carbonyl (C=O) groups is 2. The van der Waals surface area contributed by atoms with Crippen LogP contribution in [-0.2, 0) is 4.79 Å². The second-order valence-corrected chi connectivity index (χ2v) is 7.02. The van der Waals surface area contributed by atoms with Crippen LogP contribution in [0, 0.1) is 7.14 Å². The molecule has 0 aliphatic carbocycles. The highest BCUT2D eigenvalue weighted by Crippen LogP contribution is 2.30. The van der Waals surface area contributed by atoms with Crippen LogP contribution in [0.5, 0.6) is 5.75 Å². The average molecular weight is 526 g/mol. The number of nitrogens with zero attached hydrogens (tertiary/aromatic N) is 1. The van der Waals surface area contributed by atoms with Gasteiger partial charge in [0.1, 0.15) is 11.4 Å². The molecule has 0 radical (unpaired) electrons. The third kappa shape index (κ3) is 3.73. The predicted octanol–water partition coefficient (Wildman–Crippen LogP) is 3.60. The first-order chi connectivity index (χ1) is 10.5. The monoisotopic (exact) mass is 526 g/mol. The molecule has 0 unspecified atom stereocenters. The Bertz CT molecular complexity index is 621. The van der Waals surface area contributed by atoms with Crippen LogP contribution in [0.3, 0.4) is 0 Å². The van der Waals surface area contributed by atoms with Crippen molar-refractivity contribution in [2.75, 3.05) is 13.2 Å². The Labute approximate surface area is 156 Å². The van der Waals surface area contributed by atoms with Gasteiger partial charge in [-0.2, -0.15) is 0 Å². The lowest BCUT2D eigenvalue weighted by Gasteiger charge is -2.10. The largest absolute Gasteiger partial charge is 0.492 e. The molecule has 1 aliphatic rings. The minimum absolute atomic E-state index is 0.272. The average Bonchev–Trinajstić information content (AvgIpc) is 2.71. The van der Waals surface area contributed by atoms with E-state index in [4.69, 9.17) is 4.74 Å². The number of ether oxygens (including phenoxy) is 1. The molecule has 5 nitrogen and oxygen atoms in total. The zero-order chi connectivity index (χ0) is 16.3. The topological polar surface area (TPSA) is 58.6 Å². The maximum Gasteiger partial charge on any atom is 0.329 e. The number of hydrogen-bond acceptors (Lipinski definition) is 3. The van der Waals surface area contributed by atoms with Gasteiger partial charge in [0.05, 0.1) is 13.7 Å². The van der Waals surface area contributed by atoms with Gasteiger partial charge in [0.25, 0.3) is 5.91 Å². The standard InChI is InChI=1S/C15H16I2N2O3/c1-3-5-19-14(20)12(18-15(19)21)8-9-6-10(16)13(22-4-2)11(17)7-9/h6-8H,3-5H2,1-2H3,(H,18,21)/b12-8+. The van der Waals surface area contributed by atoms with Gasteiger partial charge in [0, 0.05) is 6.54 Å². The Morgan fingerprint density at radius 3 is 2.41 bits per heavy atom. The van der Waals surface area contributed by atoms with Gasteiger partial charge in [0.15, 0.2) is 0 Å². The van der Waals surface area contributed by atoms with Crippen molar-refractivity contribution in [2.45, 2.75) is 20.3 Å². The molecule has 1 aromatic rings. The first-order valence-corrected chi connectivity index (χ1v) is 9.10. The third-order valence-electron chi connectivity index (χ3n) is 3.03. The van der Waals surface area contributed by atoms with Gasteiger partial charge >= 0.3 is 6.03 Å². The summed E-state index contributed by atoms with van der Waals surface area (Å²) in [4.78, 5) is 25.2. The summed E-state index contributed by atoms with van der Waals surface area (Å²) in [5, 5.41) is 2.63. The van der Waals surface area contributed by atoms with E-state index in [0.29, 0.717) is 18.8 Å². The van der Waals surface area contributed by atoms with Crippen LogP contribution >= 0.6 is 45.2 Å². The highest BCUT2D eigenvalue weighted by Gasteiger charge is 2.32. The van der Waals surface area contributed by atoms with E-state index in [9.17, 15) is 9.59 Å². The van der Waals surface area contributed by atoms with Gasteiger partial charge in [0.2, 0.25) is 0 Å². The number of halogens is 2. The summed E-state index contributed by atoms with van der Waals surface area (Å²) in [5.74, 6) is 0.575. The molecule has 1 heterocycles. The van der Waals surface area contributed by atoms with Gasteiger partial charge in [-0.25, -0.2) is 4.79 Å². The van der Waals surface area contributed by atoms with E-state index in [-0.39, 0.29) is 11.9 Å². The maximum absolute atomic E-state index is 12.2. The molecular formula is C15H16I2N2O3. The van der Waals surface area contributed by atoms with Crippen molar-refractivity contribution in [3.63, 3.8) is 0 Å². The molecule has 0 bridgehead atoms. The number of amides is 3. The van der Waals surface area contributed by atoms with Crippen molar-refractivity contribution in [1.29, 1.82) is 0 Å². The summed E-state index contributed by atoms with van der Waals surface area (Å²) in [6.07, 6.45) is 2.45. The van der Waals surface area contributed by atoms with Crippen LogP contribution in [0.1, 0.15) is 25.8 Å². The molecule has 0 atom stereocenters. The molecule has 1 fully saturated rings. The van der Waals surface area contributed by atoms with Crippen molar-refractivity contribution in [1.82, 2.24) is 10.2 Å². The Kier molecular flexibility index (Phi) is 6.07. The minimum Gasteiger partial charge on any atom is -0.492 e. The normalized spacial score (nSPS) is 16.4. The number of hydrogen-bond donors (Lipinski definition) is 1. The Balaban J connectivity index is 2.30. The highest BCUT2D eigenvalue weighted by molar-refractivity contribution is 14.1. The molecule has 0 spiro atoms. The zero-order valence-electron chi connectivity index (χ0n) is 12.3. The molecule has 1 aromatic carbocycles. The minimum atomic E-state index is -0.353. The second-order valence-electron chi connectivity index (χ2n) is 4.69. The number of benzene rings is 1. The molecule has 1 N–H and O–H groups in total. The SMILES string of the molecule is CCCN1C(=O)N/C(=C/c2cc(I)c(OCC)c(I)c2)C1=O. The van der Waals surface area contributed by atoms with Crippen molar-refractivity contribution >= 4 is 63.2 Å². The quantitative estimate of drug-likeness (QED) is 0.363. The smallest absolute Gasteiger partial charge is 0.329 e. The third-order valence-corrected chi connectivity index (χ3v) is 4.63. The van der Waals surface area contributed by atoms with E-state index in [2.05, 4.69) is 50.5 Å². The van der Waals surface area contributed by atoms with Gasteiger partial charge in [-0.05, 0) is 82.3 Å². The van der Waals surface area contributed by atoms with Crippen LogP contribution in [0.25, 0.3) is 6.08 Å². The fourth-order valence-corrected chi connectivity index (χ4v) is 4.24. The molecule has 1 saturated heterocycles. The summed E-state index contributed by atoms with van der Waals surface area (Å²) in [6.45, 7) is 4.91. The highest BCUT2D eigenvalue weighted by atomic mass is 127. The fourth-order valence-electron chi connectivity index (χ4n) is 2.11. The summed E-state index contributed by atoms with van der Waals surface area (Å²) in [7, 11) is 0. The second kappa shape index (κ2) is 7.62. The molecule has 2 rings (SSSR count). The van der Waals surface area contributed by atoms with Crippen LogP contribution in [0.15, 0.2) is 17.8 Å². The first kappa shape index (κ1) is 17.5. The maximum atomic E-state index is 12.2. The Morgan fingerprint density at radius 2 is 1.86 bits per heavy atom. The van der Waals surface area contributed by atoms with Gasteiger partial charge in [-0.1, -0.05) is 6.92 Å². The molecule has 1 aliphatic heterocycles. The van der Waals surface area contributed by atoms with Crippen molar-refractivity contribution in [2.24, 2.45) is 0 Å². The van der Waals surface area contributed by atoms with Crippen LogP contribution in [0.2, 0.25) is 0 Å². The molecular weight excluding hydrogens is 510 g/mol. The number of imide groups is 1. The molecule has 3 amide bonds. The summed E-state index contributed by atoms with van der Waals surface area (Å²) < 4.78 is 7.54. The van der Waals surface area contributed by atoms with Crippen molar-refractivity contribution in [3.05, 3.63) is 30.5 Å². The number of urea groups is 1. The van der Waals surface area contributed by atoms with E-state index in [1.54, 1.807) is 6.08 Å². The lowest BCUT2D eigenvalue weighted by Crippen LogP contribution is -2.31. The molecule has 22 heavy (non-hydrogen) atoms. The predicted molar refractivity (Wildman–Crippen MR) is 102 cm³/mol. The Morgan fingerprint density at radius 1 is 1.23 bits per heavy atom. The van der Waals surface area contributed by atoms with Gasteiger partial charge in [-0.3, -0.25) is 9.69 Å². The van der Waals surface area contributed by atoms with E-state index in [1.807, 2.05) is 26.0 Å². The summed E-state index contributed by atoms with van der Waals surface area (Å²) >= 11 is 4.41. The first-order valence-electron chi connectivity index (χ1n) is 6.94. The molecule has 0 aromatic heterocycles. The van der Waals surface area contributed by atoms with E-state index in [0.717, 1.165) is 24.9 Å². The molecule has 0 saturated carbocycles. The van der Waals surface area contributed by atoms with Crippen LogP contribution in [-0.4, -0.2) is 30.0 Å². The van der Waals surface area contributed by atoms with Crippen LogP contribution in [0.4, 0.5) is 4.79 Å². The lowest BCUT2D eigenvalue weighted by molar-refractivity contribution is -0.122. The fraction of sp³-hybridized carbons (Fsp3) is 0.333. The number of rotatable bonds is 5. The van der Waals surface area contributed by atoms with E-state index >= 15 is 0 Å². The number of carbonyl (C=O) groups excluding carboxylic acids is 2.